The average molecular weight is 396 g/mol. The number of esters is 1. The average Bonchev–Trinajstić information content (AvgIpc) is 2.70. The van der Waals surface area contributed by atoms with Gasteiger partial charge >= 0.3 is 5.97 Å². The molecule has 2 aromatic carbocycles. The van der Waals surface area contributed by atoms with Gasteiger partial charge in [0, 0.05) is 12.1 Å². The van der Waals surface area contributed by atoms with Crippen molar-refractivity contribution in [3.05, 3.63) is 65.2 Å². The molecule has 0 saturated heterocycles. The molecule has 2 rings (SSSR count). The fraction of sp³-hybridized carbons (Fsp3) is 0.440. The lowest BCUT2D eigenvalue weighted by Crippen LogP contribution is -2.13. The molecule has 1 amide bonds. The van der Waals surface area contributed by atoms with Crippen LogP contribution in [0.2, 0.25) is 0 Å². The van der Waals surface area contributed by atoms with Crippen LogP contribution in [0, 0.1) is 0 Å². The molecule has 0 aliphatic heterocycles. The molecule has 0 fully saturated rings. The summed E-state index contributed by atoms with van der Waals surface area (Å²) in [6.07, 6.45) is 4.14. The molecule has 0 aliphatic carbocycles. The minimum absolute atomic E-state index is 0.0419. The number of unbranched alkanes of at least 4 members (excludes halogenated alkanes) is 2. The summed E-state index contributed by atoms with van der Waals surface area (Å²) in [6, 6.07) is 15.3. The van der Waals surface area contributed by atoms with E-state index in [4.69, 9.17) is 4.74 Å². The monoisotopic (exact) mass is 395 g/mol. The molecule has 2 aromatic rings. The zero-order chi connectivity index (χ0) is 21.3. The summed E-state index contributed by atoms with van der Waals surface area (Å²) in [7, 11) is 0. The molecule has 4 heteroatoms. The highest BCUT2D eigenvalue weighted by atomic mass is 16.5. The molecule has 4 nitrogen and oxygen atoms in total. The lowest BCUT2D eigenvalue weighted by Gasteiger charge is -2.19. The van der Waals surface area contributed by atoms with Gasteiger partial charge in [0.15, 0.2) is 0 Å². The maximum Gasteiger partial charge on any atom is 0.338 e. The number of nitrogens with one attached hydrogen (secondary N) is 1. The number of ether oxygens (including phenoxy) is 1. The second-order valence-electron chi connectivity index (χ2n) is 8.42. The van der Waals surface area contributed by atoms with Crippen LogP contribution >= 0.6 is 0 Å². The molecular weight excluding hydrogens is 362 g/mol. The molecule has 0 aromatic heterocycles. The first kappa shape index (κ1) is 22.7. The van der Waals surface area contributed by atoms with Crippen molar-refractivity contribution in [2.45, 2.75) is 65.2 Å². The van der Waals surface area contributed by atoms with Crippen molar-refractivity contribution in [1.29, 1.82) is 0 Å². The number of hydrogen-bond acceptors (Lipinski definition) is 3. The zero-order valence-electron chi connectivity index (χ0n) is 18.1. The number of benzene rings is 2. The quantitative estimate of drug-likeness (QED) is 0.425. The molecule has 0 heterocycles. The maximum absolute atomic E-state index is 12.2. The normalized spacial score (nSPS) is 11.2. The summed E-state index contributed by atoms with van der Waals surface area (Å²) in [6.45, 7) is 9.12. The van der Waals surface area contributed by atoms with E-state index in [2.05, 4.69) is 57.3 Å². The van der Waals surface area contributed by atoms with Crippen LogP contribution in [0.1, 0.15) is 74.9 Å². The van der Waals surface area contributed by atoms with Crippen molar-refractivity contribution in [3.8, 4) is 0 Å². The molecule has 29 heavy (non-hydrogen) atoms. The molecule has 1 N–H and O–H groups in total. The van der Waals surface area contributed by atoms with Crippen LogP contribution in [0.5, 0.6) is 0 Å². The minimum atomic E-state index is -0.322. The van der Waals surface area contributed by atoms with Gasteiger partial charge in [0.05, 0.1) is 12.2 Å². The highest BCUT2D eigenvalue weighted by Gasteiger charge is 2.13. The van der Waals surface area contributed by atoms with E-state index in [0.717, 1.165) is 24.8 Å². The molecule has 156 valence electrons. The lowest BCUT2D eigenvalue weighted by molar-refractivity contribution is -0.116. The Kier molecular flexibility index (Phi) is 8.44. The van der Waals surface area contributed by atoms with Gasteiger partial charge in [0.1, 0.15) is 0 Å². The summed E-state index contributed by atoms with van der Waals surface area (Å²) in [5, 5.41) is 2.88. The molecule has 0 saturated carbocycles. The van der Waals surface area contributed by atoms with E-state index < -0.39 is 0 Å². The fourth-order valence-corrected chi connectivity index (χ4v) is 2.94. The van der Waals surface area contributed by atoms with Crippen LogP contribution in [0.4, 0.5) is 5.69 Å². The van der Waals surface area contributed by atoms with Crippen molar-refractivity contribution in [2.24, 2.45) is 0 Å². The number of anilines is 1. The Labute approximate surface area is 174 Å². The third kappa shape index (κ3) is 7.72. The van der Waals surface area contributed by atoms with Crippen molar-refractivity contribution in [3.63, 3.8) is 0 Å². The van der Waals surface area contributed by atoms with Crippen LogP contribution in [-0.4, -0.2) is 18.5 Å². The molecule has 0 unspecified atom stereocenters. The second kappa shape index (κ2) is 10.8. The maximum atomic E-state index is 12.2. The Morgan fingerprint density at radius 1 is 0.931 bits per heavy atom. The van der Waals surface area contributed by atoms with Gasteiger partial charge in [-0.05, 0) is 53.6 Å². The first-order valence-corrected chi connectivity index (χ1v) is 10.5. The molecule has 0 bridgehead atoms. The van der Waals surface area contributed by atoms with Crippen molar-refractivity contribution in [2.75, 3.05) is 11.9 Å². The smallest absolute Gasteiger partial charge is 0.338 e. The minimum Gasteiger partial charge on any atom is -0.462 e. The zero-order valence-corrected chi connectivity index (χ0v) is 18.1. The van der Waals surface area contributed by atoms with Crippen molar-refractivity contribution >= 4 is 17.6 Å². The van der Waals surface area contributed by atoms with Crippen LogP contribution in [0.25, 0.3) is 0 Å². The highest BCUT2D eigenvalue weighted by Crippen LogP contribution is 2.22. The van der Waals surface area contributed by atoms with Gasteiger partial charge in [0.2, 0.25) is 5.91 Å². The van der Waals surface area contributed by atoms with E-state index in [1.54, 1.807) is 24.3 Å². The van der Waals surface area contributed by atoms with Crippen LogP contribution in [0.15, 0.2) is 48.5 Å². The van der Waals surface area contributed by atoms with Crippen molar-refractivity contribution in [1.82, 2.24) is 0 Å². The highest BCUT2D eigenvalue weighted by molar-refractivity contribution is 5.93. The van der Waals surface area contributed by atoms with Gasteiger partial charge in [-0.15, -0.1) is 0 Å². The van der Waals surface area contributed by atoms with Crippen LogP contribution in [-0.2, 0) is 21.4 Å². The molecule has 0 spiro atoms. The van der Waals surface area contributed by atoms with E-state index in [1.165, 1.54) is 5.56 Å². The Hall–Kier alpha value is -2.62. The Morgan fingerprint density at radius 3 is 2.17 bits per heavy atom. The van der Waals surface area contributed by atoms with E-state index in [9.17, 15) is 9.59 Å². The van der Waals surface area contributed by atoms with Crippen molar-refractivity contribution < 1.29 is 14.3 Å². The number of hydrogen-bond donors (Lipinski definition) is 1. The number of aryl methyl sites for hydroxylation is 1. The topological polar surface area (TPSA) is 55.4 Å². The Morgan fingerprint density at radius 2 is 1.59 bits per heavy atom. The van der Waals surface area contributed by atoms with E-state index in [-0.39, 0.29) is 17.3 Å². The van der Waals surface area contributed by atoms with Crippen LogP contribution in [0.3, 0.4) is 0 Å². The van der Waals surface area contributed by atoms with E-state index in [0.29, 0.717) is 30.7 Å². The summed E-state index contributed by atoms with van der Waals surface area (Å²) in [4.78, 5) is 24.2. The predicted octanol–water partition coefficient (Wildman–Crippen LogP) is 5.90. The number of carbonyl (C=O) groups is 2. The molecular formula is C25H33NO3. The van der Waals surface area contributed by atoms with Gasteiger partial charge in [0.25, 0.3) is 0 Å². The second-order valence-corrected chi connectivity index (χ2v) is 8.42. The van der Waals surface area contributed by atoms with E-state index in [1.807, 2.05) is 0 Å². The van der Waals surface area contributed by atoms with Gasteiger partial charge < -0.3 is 10.1 Å². The largest absolute Gasteiger partial charge is 0.462 e. The summed E-state index contributed by atoms with van der Waals surface area (Å²) >= 11 is 0. The third-order valence-electron chi connectivity index (χ3n) is 4.85. The summed E-state index contributed by atoms with van der Waals surface area (Å²) in [5.41, 5.74) is 3.74. The first-order valence-electron chi connectivity index (χ1n) is 10.5. The van der Waals surface area contributed by atoms with Crippen LogP contribution < -0.4 is 5.32 Å². The van der Waals surface area contributed by atoms with Gasteiger partial charge in [-0.3, -0.25) is 4.79 Å². The summed E-state index contributed by atoms with van der Waals surface area (Å²) in [5.74, 6) is -0.363. The predicted molar refractivity (Wildman–Crippen MR) is 118 cm³/mol. The Bertz CT molecular complexity index is 786. The fourth-order valence-electron chi connectivity index (χ4n) is 2.94. The van der Waals surface area contributed by atoms with Gasteiger partial charge in [-0.1, -0.05) is 64.8 Å². The number of amides is 1. The molecule has 0 atom stereocenters. The molecule has 0 aliphatic rings. The molecule has 0 radical (unpaired) electrons. The summed E-state index contributed by atoms with van der Waals surface area (Å²) < 4.78 is 5.24. The SMILES string of the molecule is CCCCCOC(=O)c1ccc(NC(=O)CCc2ccc(C(C)(C)C)cc2)cc1. The standard InChI is InChI=1S/C25H33NO3/c1-5-6-7-18-29-24(28)20-11-15-22(16-12-20)26-23(27)17-10-19-8-13-21(14-9-19)25(2,3)4/h8-9,11-16H,5-7,10,17-18H2,1-4H3,(H,26,27). The lowest BCUT2D eigenvalue weighted by atomic mass is 9.86. The first-order chi connectivity index (χ1) is 13.8. The van der Waals surface area contributed by atoms with E-state index >= 15 is 0 Å². The third-order valence-corrected chi connectivity index (χ3v) is 4.85. The van der Waals surface area contributed by atoms with Gasteiger partial charge in [-0.25, -0.2) is 4.79 Å². The number of rotatable bonds is 9. The Balaban J connectivity index is 1.79. The number of carbonyl (C=O) groups excluding carboxylic acids is 2. The van der Waals surface area contributed by atoms with Gasteiger partial charge in [-0.2, -0.15) is 0 Å².